The van der Waals surface area contributed by atoms with Crippen molar-refractivity contribution in [3.8, 4) is 0 Å². The molecule has 0 aliphatic carbocycles. The summed E-state index contributed by atoms with van der Waals surface area (Å²) >= 11 is 1.41. The highest BCUT2D eigenvalue weighted by atomic mass is 32.2. The third-order valence-electron chi connectivity index (χ3n) is 3.00. The Morgan fingerprint density at radius 1 is 1.55 bits per heavy atom. The molecular formula is C11H16N2O6S. The SMILES string of the molecule is CSCOC1C(O)C(CO)OC1n1ccc(=O)[nH]c1=O. The van der Waals surface area contributed by atoms with Gasteiger partial charge in [-0.25, -0.2) is 4.79 Å². The van der Waals surface area contributed by atoms with Crippen molar-refractivity contribution in [1.29, 1.82) is 0 Å². The van der Waals surface area contributed by atoms with Gasteiger partial charge < -0.3 is 19.7 Å². The first-order valence-electron chi connectivity index (χ1n) is 5.95. The first-order chi connectivity index (χ1) is 9.58. The molecule has 20 heavy (non-hydrogen) atoms. The number of hydrogen-bond acceptors (Lipinski definition) is 7. The minimum Gasteiger partial charge on any atom is -0.394 e. The van der Waals surface area contributed by atoms with Gasteiger partial charge >= 0.3 is 5.69 Å². The minimum absolute atomic E-state index is 0.303. The highest BCUT2D eigenvalue weighted by Crippen LogP contribution is 2.30. The molecule has 0 aromatic carbocycles. The molecule has 1 aliphatic rings. The summed E-state index contributed by atoms with van der Waals surface area (Å²) in [4.78, 5) is 24.9. The monoisotopic (exact) mass is 304 g/mol. The van der Waals surface area contributed by atoms with Gasteiger partial charge in [-0.1, -0.05) is 0 Å². The van der Waals surface area contributed by atoms with Crippen LogP contribution in [0.3, 0.4) is 0 Å². The molecule has 4 atom stereocenters. The second-order valence-electron chi connectivity index (χ2n) is 4.29. The van der Waals surface area contributed by atoms with Crippen molar-refractivity contribution in [3.63, 3.8) is 0 Å². The van der Waals surface area contributed by atoms with E-state index in [9.17, 15) is 14.7 Å². The van der Waals surface area contributed by atoms with Crippen LogP contribution in [0.2, 0.25) is 0 Å². The molecule has 1 aliphatic heterocycles. The summed E-state index contributed by atoms with van der Waals surface area (Å²) in [5, 5.41) is 19.2. The maximum Gasteiger partial charge on any atom is 0.330 e. The molecule has 0 bridgehead atoms. The summed E-state index contributed by atoms with van der Waals surface area (Å²) in [6.07, 6.45) is -0.510. The smallest absolute Gasteiger partial charge is 0.330 e. The molecule has 0 amide bonds. The first-order valence-corrected chi connectivity index (χ1v) is 7.34. The van der Waals surface area contributed by atoms with Crippen molar-refractivity contribution in [3.05, 3.63) is 33.1 Å². The molecule has 2 heterocycles. The number of hydrogen-bond donors (Lipinski definition) is 3. The Bertz CT molecular complexity index is 558. The van der Waals surface area contributed by atoms with E-state index < -0.39 is 42.4 Å². The topological polar surface area (TPSA) is 114 Å². The Labute approximate surface area is 118 Å². The summed E-state index contributed by atoms with van der Waals surface area (Å²) < 4.78 is 12.1. The minimum atomic E-state index is -1.06. The zero-order chi connectivity index (χ0) is 14.7. The fraction of sp³-hybridized carbons (Fsp3) is 0.636. The number of H-pyrrole nitrogens is 1. The molecule has 2 rings (SSSR count). The van der Waals surface area contributed by atoms with E-state index in [0.29, 0.717) is 5.94 Å². The normalized spacial score (nSPS) is 29.8. The van der Waals surface area contributed by atoms with Crippen molar-refractivity contribution in [2.24, 2.45) is 0 Å². The summed E-state index contributed by atoms with van der Waals surface area (Å²) in [7, 11) is 0. The van der Waals surface area contributed by atoms with Gasteiger partial charge in [0.25, 0.3) is 5.56 Å². The van der Waals surface area contributed by atoms with E-state index in [0.717, 1.165) is 4.57 Å². The van der Waals surface area contributed by atoms with Crippen LogP contribution in [0.15, 0.2) is 21.9 Å². The molecule has 4 unspecified atom stereocenters. The third-order valence-corrected chi connectivity index (χ3v) is 3.37. The lowest BCUT2D eigenvalue weighted by Gasteiger charge is -2.21. The van der Waals surface area contributed by atoms with Crippen LogP contribution in [-0.2, 0) is 9.47 Å². The molecule has 112 valence electrons. The predicted molar refractivity (Wildman–Crippen MR) is 71.6 cm³/mol. The van der Waals surface area contributed by atoms with E-state index in [4.69, 9.17) is 14.6 Å². The van der Waals surface area contributed by atoms with Crippen LogP contribution >= 0.6 is 11.8 Å². The molecule has 3 N–H and O–H groups in total. The molecule has 1 fully saturated rings. The highest BCUT2D eigenvalue weighted by Gasteiger charge is 2.45. The maximum atomic E-state index is 11.8. The summed E-state index contributed by atoms with van der Waals surface area (Å²) in [5.74, 6) is 0.303. The van der Waals surface area contributed by atoms with E-state index in [-0.39, 0.29) is 0 Å². The first kappa shape index (κ1) is 15.3. The Morgan fingerprint density at radius 2 is 2.30 bits per heavy atom. The number of aromatic nitrogens is 2. The summed E-state index contributed by atoms with van der Waals surface area (Å²) in [6.45, 7) is -0.394. The van der Waals surface area contributed by atoms with Crippen molar-refractivity contribution in [2.45, 2.75) is 24.5 Å². The van der Waals surface area contributed by atoms with Crippen molar-refractivity contribution in [1.82, 2.24) is 9.55 Å². The average molecular weight is 304 g/mol. The highest BCUT2D eigenvalue weighted by molar-refractivity contribution is 7.98. The molecular weight excluding hydrogens is 288 g/mol. The number of nitrogens with one attached hydrogen (secondary N) is 1. The van der Waals surface area contributed by atoms with Crippen LogP contribution in [-0.4, -0.2) is 56.9 Å². The fourth-order valence-corrected chi connectivity index (χ4v) is 2.34. The summed E-state index contributed by atoms with van der Waals surface area (Å²) in [6, 6.07) is 1.18. The molecule has 0 radical (unpaired) electrons. The van der Waals surface area contributed by atoms with Crippen molar-refractivity contribution >= 4 is 11.8 Å². The average Bonchev–Trinajstić information content (AvgIpc) is 2.73. The number of rotatable bonds is 5. The number of nitrogens with zero attached hydrogens (tertiary/aromatic N) is 1. The van der Waals surface area contributed by atoms with Gasteiger partial charge in [-0.15, -0.1) is 11.8 Å². The standard InChI is InChI=1S/C11H16N2O6S/c1-20-5-18-9-8(16)6(4-14)19-10(9)13-3-2-7(15)12-11(13)17/h2-3,6,8-10,14,16H,4-5H2,1H3,(H,12,15,17). The fourth-order valence-electron chi connectivity index (χ4n) is 2.05. The van der Waals surface area contributed by atoms with Crippen LogP contribution in [0.25, 0.3) is 0 Å². The van der Waals surface area contributed by atoms with Crippen molar-refractivity contribution < 1.29 is 19.7 Å². The van der Waals surface area contributed by atoms with Gasteiger partial charge in [0.1, 0.15) is 18.3 Å². The van der Waals surface area contributed by atoms with E-state index >= 15 is 0 Å². The maximum absolute atomic E-state index is 11.8. The van der Waals surface area contributed by atoms with E-state index in [1.165, 1.54) is 24.0 Å². The number of aromatic amines is 1. The Morgan fingerprint density at radius 3 is 2.90 bits per heavy atom. The molecule has 0 spiro atoms. The van der Waals surface area contributed by atoms with Gasteiger partial charge in [-0.2, -0.15) is 0 Å². The van der Waals surface area contributed by atoms with Crippen molar-refractivity contribution in [2.75, 3.05) is 18.8 Å². The number of ether oxygens (including phenoxy) is 2. The van der Waals surface area contributed by atoms with Crippen LogP contribution in [0.4, 0.5) is 0 Å². The van der Waals surface area contributed by atoms with Gasteiger partial charge in [-0.3, -0.25) is 14.3 Å². The Balaban J connectivity index is 2.31. The number of aliphatic hydroxyl groups excluding tert-OH is 2. The largest absolute Gasteiger partial charge is 0.394 e. The second-order valence-corrected chi connectivity index (χ2v) is 5.11. The van der Waals surface area contributed by atoms with Crippen LogP contribution < -0.4 is 11.2 Å². The van der Waals surface area contributed by atoms with Crippen LogP contribution in [0.5, 0.6) is 0 Å². The van der Waals surface area contributed by atoms with E-state index in [1.54, 1.807) is 0 Å². The lowest BCUT2D eigenvalue weighted by Crippen LogP contribution is -2.39. The van der Waals surface area contributed by atoms with Crippen LogP contribution in [0, 0.1) is 0 Å². The van der Waals surface area contributed by atoms with Gasteiger partial charge in [0.05, 0.1) is 12.5 Å². The quantitative estimate of drug-likeness (QED) is 0.567. The second kappa shape index (κ2) is 6.55. The number of thioether (sulfide) groups is 1. The van der Waals surface area contributed by atoms with E-state index in [2.05, 4.69) is 4.98 Å². The lowest BCUT2D eigenvalue weighted by atomic mass is 10.1. The van der Waals surface area contributed by atoms with Crippen LogP contribution in [0.1, 0.15) is 6.23 Å². The Hall–Kier alpha value is -1.13. The van der Waals surface area contributed by atoms with Gasteiger partial charge in [0, 0.05) is 12.3 Å². The zero-order valence-electron chi connectivity index (χ0n) is 10.8. The molecule has 8 nitrogen and oxygen atoms in total. The number of aliphatic hydroxyl groups is 2. The summed E-state index contributed by atoms with van der Waals surface area (Å²) in [5.41, 5.74) is -1.18. The molecule has 0 saturated carbocycles. The van der Waals surface area contributed by atoms with Gasteiger partial charge in [0.15, 0.2) is 6.23 Å². The Kier molecular flexibility index (Phi) is 5.00. The molecule has 9 heteroatoms. The third kappa shape index (κ3) is 2.96. The van der Waals surface area contributed by atoms with Gasteiger partial charge in [-0.05, 0) is 6.26 Å². The molecule has 1 saturated heterocycles. The van der Waals surface area contributed by atoms with Gasteiger partial charge in [0.2, 0.25) is 0 Å². The zero-order valence-corrected chi connectivity index (χ0v) is 11.6. The molecule has 1 aromatic rings. The molecule has 1 aromatic heterocycles. The lowest BCUT2D eigenvalue weighted by molar-refractivity contribution is -0.0649. The van der Waals surface area contributed by atoms with E-state index in [1.807, 2.05) is 6.26 Å². The predicted octanol–water partition coefficient (Wildman–Crippen LogP) is -1.51.